The van der Waals surface area contributed by atoms with Gasteiger partial charge in [0.2, 0.25) is 0 Å². The van der Waals surface area contributed by atoms with Crippen LogP contribution in [-0.2, 0) is 17.3 Å². The van der Waals surface area contributed by atoms with Crippen molar-refractivity contribution >= 4 is 0 Å². The highest BCUT2D eigenvalue weighted by atomic mass is 14.3. The molecule has 0 aliphatic rings. The number of hydrogen-bond acceptors (Lipinski definition) is 0. The predicted molar refractivity (Wildman–Crippen MR) is 72.9 cm³/mol. The van der Waals surface area contributed by atoms with Crippen molar-refractivity contribution in [2.24, 2.45) is 0 Å². The monoisotopic (exact) mass is 217 g/mol. The van der Waals surface area contributed by atoms with Gasteiger partial charge in [-0.2, -0.15) is 0 Å². The summed E-state index contributed by atoms with van der Waals surface area (Å²) in [4.78, 5) is 0. The Morgan fingerprint density at radius 3 is 1.88 bits per heavy atom. The molecule has 16 heavy (non-hydrogen) atoms. The Morgan fingerprint density at radius 2 is 1.50 bits per heavy atom. The van der Waals surface area contributed by atoms with Crippen molar-refractivity contribution in [2.45, 2.75) is 58.8 Å². The molecule has 0 aliphatic carbocycles. The standard InChI is InChI=1S/C16H25/c1-8-12-10-9-11-13(15(2,3)4)14(12)16(5,6)7/h9-11H,1,8H2,2-7H3. The molecule has 0 amide bonds. The SMILES string of the molecule is [CH2]Cc1cccc(C(C)(C)C)c1C(C)(C)C. The average Bonchev–Trinajstić information content (AvgIpc) is 2.13. The molecular weight excluding hydrogens is 192 g/mol. The molecule has 0 unspecified atom stereocenters. The molecule has 1 radical (unpaired) electrons. The Balaban J connectivity index is 3.51. The van der Waals surface area contributed by atoms with Gasteiger partial charge in [-0.3, -0.25) is 0 Å². The maximum Gasteiger partial charge on any atom is -0.0126 e. The van der Waals surface area contributed by atoms with Gasteiger partial charge >= 0.3 is 0 Å². The summed E-state index contributed by atoms with van der Waals surface area (Å²) in [6.07, 6.45) is 0.872. The lowest BCUT2D eigenvalue weighted by Gasteiger charge is -2.32. The van der Waals surface area contributed by atoms with E-state index in [9.17, 15) is 0 Å². The zero-order valence-corrected chi connectivity index (χ0v) is 11.6. The van der Waals surface area contributed by atoms with Gasteiger partial charge in [0, 0.05) is 0 Å². The molecule has 1 rings (SSSR count). The summed E-state index contributed by atoms with van der Waals surface area (Å²) in [6.45, 7) is 17.8. The lowest BCUT2D eigenvalue weighted by Crippen LogP contribution is -2.23. The van der Waals surface area contributed by atoms with Crippen molar-refractivity contribution < 1.29 is 0 Å². The van der Waals surface area contributed by atoms with E-state index in [1.54, 1.807) is 0 Å². The molecule has 0 nitrogen and oxygen atoms in total. The summed E-state index contributed by atoms with van der Waals surface area (Å²) in [5.41, 5.74) is 4.73. The summed E-state index contributed by atoms with van der Waals surface area (Å²) in [5.74, 6) is 0. The summed E-state index contributed by atoms with van der Waals surface area (Å²) in [7, 11) is 0. The molecule has 0 saturated heterocycles. The van der Waals surface area contributed by atoms with E-state index in [0.717, 1.165) is 6.42 Å². The number of benzene rings is 1. The molecule has 0 fully saturated rings. The minimum Gasteiger partial charge on any atom is -0.0617 e. The molecule has 89 valence electrons. The number of hydrogen-bond donors (Lipinski definition) is 0. The molecule has 0 heteroatoms. The van der Waals surface area contributed by atoms with E-state index in [4.69, 9.17) is 0 Å². The van der Waals surface area contributed by atoms with Gasteiger partial charge in [0.15, 0.2) is 0 Å². The Labute approximate surface area is 101 Å². The normalized spacial score (nSPS) is 12.9. The molecule has 0 aromatic heterocycles. The van der Waals surface area contributed by atoms with Crippen LogP contribution in [0.2, 0.25) is 0 Å². The Morgan fingerprint density at radius 1 is 0.938 bits per heavy atom. The average molecular weight is 217 g/mol. The van der Waals surface area contributed by atoms with Crippen LogP contribution >= 0.6 is 0 Å². The van der Waals surface area contributed by atoms with Gasteiger partial charge in [0.1, 0.15) is 0 Å². The van der Waals surface area contributed by atoms with Gasteiger partial charge in [0.05, 0.1) is 0 Å². The maximum absolute atomic E-state index is 4.05. The van der Waals surface area contributed by atoms with Crippen LogP contribution in [0.1, 0.15) is 58.2 Å². The minimum atomic E-state index is 0.191. The van der Waals surface area contributed by atoms with Gasteiger partial charge in [0.25, 0.3) is 0 Å². The smallest absolute Gasteiger partial charge is 0.0126 e. The molecule has 0 bridgehead atoms. The van der Waals surface area contributed by atoms with E-state index in [0.29, 0.717) is 0 Å². The second-order valence-corrected chi connectivity index (χ2v) is 6.59. The van der Waals surface area contributed by atoms with Gasteiger partial charge in [-0.15, -0.1) is 0 Å². The van der Waals surface area contributed by atoms with E-state index in [-0.39, 0.29) is 10.8 Å². The van der Waals surface area contributed by atoms with Crippen molar-refractivity contribution in [1.82, 2.24) is 0 Å². The molecule has 0 heterocycles. The molecular formula is C16H25. The molecule has 1 aromatic carbocycles. The second-order valence-electron chi connectivity index (χ2n) is 6.59. The van der Waals surface area contributed by atoms with E-state index >= 15 is 0 Å². The van der Waals surface area contributed by atoms with Crippen molar-refractivity contribution in [2.75, 3.05) is 0 Å². The second kappa shape index (κ2) is 4.24. The van der Waals surface area contributed by atoms with Gasteiger partial charge < -0.3 is 0 Å². The van der Waals surface area contributed by atoms with Crippen LogP contribution < -0.4 is 0 Å². The van der Waals surface area contributed by atoms with E-state index in [1.165, 1.54) is 16.7 Å². The fourth-order valence-corrected chi connectivity index (χ4v) is 2.32. The van der Waals surface area contributed by atoms with Crippen molar-refractivity contribution in [3.8, 4) is 0 Å². The summed E-state index contributed by atoms with van der Waals surface area (Å²) in [5, 5.41) is 0. The van der Waals surface area contributed by atoms with Crippen LogP contribution in [0.25, 0.3) is 0 Å². The lowest BCUT2D eigenvalue weighted by atomic mass is 9.73. The number of rotatable bonds is 1. The first-order chi connectivity index (χ1) is 7.18. The molecule has 0 spiro atoms. The van der Waals surface area contributed by atoms with Crippen molar-refractivity contribution in [3.63, 3.8) is 0 Å². The predicted octanol–water partition coefficient (Wildman–Crippen LogP) is 4.66. The topological polar surface area (TPSA) is 0 Å². The van der Waals surface area contributed by atoms with Gasteiger partial charge in [-0.25, -0.2) is 0 Å². The fourth-order valence-electron chi connectivity index (χ4n) is 2.32. The van der Waals surface area contributed by atoms with E-state index in [1.807, 2.05) is 0 Å². The Hall–Kier alpha value is -0.780. The zero-order chi connectivity index (χ0) is 12.6. The van der Waals surface area contributed by atoms with Crippen LogP contribution in [0.3, 0.4) is 0 Å². The largest absolute Gasteiger partial charge is 0.0617 e. The van der Waals surface area contributed by atoms with Gasteiger partial charge in [-0.05, 0) is 40.9 Å². The van der Waals surface area contributed by atoms with E-state index < -0.39 is 0 Å². The molecule has 1 aromatic rings. The molecule has 0 N–H and O–H groups in total. The highest BCUT2D eigenvalue weighted by Gasteiger charge is 2.26. The van der Waals surface area contributed by atoms with Crippen LogP contribution in [0.15, 0.2) is 18.2 Å². The summed E-state index contributed by atoms with van der Waals surface area (Å²) in [6, 6.07) is 6.64. The van der Waals surface area contributed by atoms with Crippen LogP contribution in [-0.4, -0.2) is 0 Å². The highest BCUT2D eigenvalue weighted by Crippen LogP contribution is 2.36. The van der Waals surface area contributed by atoms with Crippen molar-refractivity contribution in [1.29, 1.82) is 0 Å². The van der Waals surface area contributed by atoms with Crippen molar-refractivity contribution in [3.05, 3.63) is 41.8 Å². The lowest BCUT2D eigenvalue weighted by molar-refractivity contribution is 0.526. The highest BCUT2D eigenvalue weighted by molar-refractivity contribution is 5.43. The molecule has 0 saturated carbocycles. The Kier molecular flexibility index (Phi) is 3.52. The first kappa shape index (κ1) is 13.3. The minimum absolute atomic E-state index is 0.191. The summed E-state index contributed by atoms with van der Waals surface area (Å²) < 4.78 is 0. The van der Waals surface area contributed by atoms with Crippen LogP contribution in [0, 0.1) is 6.92 Å². The first-order valence-corrected chi connectivity index (χ1v) is 6.10. The zero-order valence-electron chi connectivity index (χ0n) is 11.6. The quantitative estimate of drug-likeness (QED) is 0.642. The molecule has 0 aliphatic heterocycles. The van der Waals surface area contributed by atoms with Gasteiger partial charge in [-0.1, -0.05) is 59.7 Å². The fraction of sp³-hybridized carbons (Fsp3) is 0.562. The first-order valence-electron chi connectivity index (χ1n) is 6.10. The third-order valence-corrected chi connectivity index (χ3v) is 2.98. The summed E-state index contributed by atoms with van der Waals surface area (Å²) >= 11 is 0. The maximum atomic E-state index is 4.05. The molecule has 0 atom stereocenters. The van der Waals surface area contributed by atoms with Crippen LogP contribution in [0.4, 0.5) is 0 Å². The van der Waals surface area contributed by atoms with E-state index in [2.05, 4.69) is 66.7 Å². The third-order valence-electron chi connectivity index (χ3n) is 2.98. The Bertz CT molecular complexity index is 359. The van der Waals surface area contributed by atoms with Crippen LogP contribution in [0.5, 0.6) is 0 Å². The third kappa shape index (κ3) is 2.66.